The summed E-state index contributed by atoms with van der Waals surface area (Å²) in [6, 6.07) is 19.3. The van der Waals surface area contributed by atoms with E-state index < -0.39 is 16.1 Å². The average Bonchev–Trinajstić information content (AvgIpc) is 3.54. The molecule has 3 aromatic carbocycles. The summed E-state index contributed by atoms with van der Waals surface area (Å²) in [4.78, 5) is 20.7. The van der Waals surface area contributed by atoms with E-state index in [2.05, 4.69) is 0 Å². The normalized spacial score (nSPS) is 16.5. The van der Waals surface area contributed by atoms with E-state index in [-0.39, 0.29) is 17.3 Å². The van der Waals surface area contributed by atoms with E-state index in [9.17, 15) is 13.2 Å². The Hall–Kier alpha value is -2.78. The third-order valence-corrected chi connectivity index (χ3v) is 9.94. The molecule has 36 heavy (non-hydrogen) atoms. The van der Waals surface area contributed by atoms with Crippen molar-refractivity contribution in [2.24, 2.45) is 0 Å². The molecule has 0 N–H and O–H groups in total. The minimum Gasteiger partial charge on any atom is -0.282 e. The maximum Gasteiger partial charge on any atom is 0.247 e. The van der Waals surface area contributed by atoms with Gasteiger partial charge in [0.15, 0.2) is 5.13 Å². The fourth-order valence-corrected chi connectivity index (χ4v) is 7.48. The van der Waals surface area contributed by atoms with Gasteiger partial charge < -0.3 is 0 Å². The van der Waals surface area contributed by atoms with Gasteiger partial charge in [0.1, 0.15) is 6.04 Å². The van der Waals surface area contributed by atoms with Crippen LogP contribution in [0.15, 0.2) is 71.6 Å². The van der Waals surface area contributed by atoms with Crippen molar-refractivity contribution in [1.29, 1.82) is 0 Å². The minimum absolute atomic E-state index is 0.199. The number of sulfonamides is 1. The van der Waals surface area contributed by atoms with Gasteiger partial charge in [-0.1, -0.05) is 77.0 Å². The van der Waals surface area contributed by atoms with E-state index in [1.165, 1.54) is 15.6 Å². The molecule has 9 heteroatoms. The molecular formula is C27H26ClN3O3S2. The van der Waals surface area contributed by atoms with Crippen molar-refractivity contribution in [3.8, 4) is 0 Å². The second kappa shape index (κ2) is 9.94. The van der Waals surface area contributed by atoms with E-state index in [4.69, 9.17) is 16.6 Å². The van der Waals surface area contributed by atoms with Crippen LogP contribution in [0.2, 0.25) is 5.02 Å². The number of aromatic nitrogens is 1. The average molecular weight is 540 g/mol. The van der Waals surface area contributed by atoms with E-state index in [1.807, 2.05) is 56.3 Å². The zero-order valence-corrected chi connectivity index (χ0v) is 22.4. The zero-order chi connectivity index (χ0) is 25.4. The molecule has 0 bridgehead atoms. The number of rotatable bonds is 6. The van der Waals surface area contributed by atoms with Gasteiger partial charge in [0.2, 0.25) is 15.9 Å². The SMILES string of the molecule is Cc1ccc(S(=O)(=O)N2CCCC2C(=O)N(Cc2ccccc2)c2nc3c(C)ccc(Cl)c3s2)cc1. The molecule has 0 spiro atoms. The number of carbonyl (C=O) groups excluding carboxylic acids is 1. The standard InChI is InChI=1S/C27H26ClN3O3S2/c1-18-10-13-21(14-11-18)36(33,34)31-16-6-9-23(31)26(32)30(17-20-7-4-3-5-8-20)27-29-24-19(2)12-15-22(28)25(24)35-27/h3-5,7-8,10-15,23H,6,9,16-17H2,1-2H3. The maximum atomic E-state index is 14.1. The van der Waals surface area contributed by atoms with Gasteiger partial charge in [-0.3, -0.25) is 9.69 Å². The van der Waals surface area contributed by atoms with Crippen LogP contribution in [0, 0.1) is 13.8 Å². The molecule has 4 aromatic rings. The molecule has 1 aromatic heterocycles. The molecule has 1 aliphatic heterocycles. The van der Waals surface area contributed by atoms with Crippen LogP contribution in [0.1, 0.15) is 29.5 Å². The first-order valence-corrected chi connectivity index (χ1v) is 14.4. The number of hydrogen-bond donors (Lipinski definition) is 0. The first kappa shape index (κ1) is 24.9. The predicted octanol–water partition coefficient (Wildman–Crippen LogP) is 5.95. The smallest absolute Gasteiger partial charge is 0.247 e. The molecule has 1 atom stereocenters. The van der Waals surface area contributed by atoms with Gasteiger partial charge >= 0.3 is 0 Å². The number of aryl methyl sites for hydroxylation is 2. The van der Waals surface area contributed by atoms with Crippen molar-refractivity contribution in [3.05, 3.63) is 88.4 Å². The van der Waals surface area contributed by atoms with Crippen LogP contribution in [-0.2, 0) is 21.4 Å². The van der Waals surface area contributed by atoms with Gasteiger partial charge in [0.25, 0.3) is 0 Å². The maximum absolute atomic E-state index is 14.1. The molecule has 1 aliphatic rings. The van der Waals surface area contributed by atoms with E-state index in [0.717, 1.165) is 26.9 Å². The van der Waals surface area contributed by atoms with Crippen LogP contribution in [-0.4, -0.2) is 36.2 Å². The minimum atomic E-state index is -3.83. The molecule has 0 radical (unpaired) electrons. The number of anilines is 1. The highest BCUT2D eigenvalue weighted by molar-refractivity contribution is 7.89. The lowest BCUT2D eigenvalue weighted by Gasteiger charge is -2.28. The summed E-state index contributed by atoms with van der Waals surface area (Å²) in [6.45, 7) is 4.45. The van der Waals surface area contributed by atoms with Crippen LogP contribution < -0.4 is 4.90 Å². The lowest BCUT2D eigenvalue weighted by molar-refractivity contribution is -0.121. The Morgan fingerprint density at radius 1 is 1.08 bits per heavy atom. The summed E-state index contributed by atoms with van der Waals surface area (Å²) < 4.78 is 29.2. The number of nitrogens with zero attached hydrogens (tertiary/aromatic N) is 3. The molecule has 1 fully saturated rings. The molecule has 186 valence electrons. The largest absolute Gasteiger partial charge is 0.282 e. The number of benzene rings is 3. The van der Waals surface area contributed by atoms with Crippen LogP contribution in [0.25, 0.3) is 10.2 Å². The Bertz CT molecular complexity index is 1480. The van der Waals surface area contributed by atoms with E-state index >= 15 is 0 Å². The van der Waals surface area contributed by atoms with Gasteiger partial charge in [-0.05, 0) is 56.0 Å². The lowest BCUT2D eigenvalue weighted by Crippen LogP contribution is -2.47. The Kier molecular flexibility index (Phi) is 6.87. The molecule has 2 heterocycles. The number of halogens is 1. The second-order valence-electron chi connectivity index (χ2n) is 9.04. The first-order valence-electron chi connectivity index (χ1n) is 11.7. The summed E-state index contributed by atoms with van der Waals surface area (Å²) in [7, 11) is -3.83. The third-order valence-electron chi connectivity index (χ3n) is 6.48. The van der Waals surface area contributed by atoms with Crippen molar-refractivity contribution in [3.63, 3.8) is 0 Å². The molecule has 1 saturated heterocycles. The highest BCUT2D eigenvalue weighted by Crippen LogP contribution is 2.37. The topological polar surface area (TPSA) is 70.6 Å². The zero-order valence-electron chi connectivity index (χ0n) is 20.0. The monoisotopic (exact) mass is 539 g/mol. The van der Waals surface area contributed by atoms with Crippen LogP contribution in [0.3, 0.4) is 0 Å². The quantitative estimate of drug-likeness (QED) is 0.303. The van der Waals surface area contributed by atoms with Crippen LogP contribution in [0.5, 0.6) is 0 Å². The number of hydrogen-bond acceptors (Lipinski definition) is 5. The highest BCUT2D eigenvalue weighted by atomic mass is 35.5. The number of fused-ring (bicyclic) bond motifs is 1. The molecule has 6 nitrogen and oxygen atoms in total. The van der Waals surface area contributed by atoms with Crippen molar-refractivity contribution < 1.29 is 13.2 Å². The molecule has 1 amide bonds. The summed E-state index contributed by atoms with van der Waals surface area (Å²) in [5.74, 6) is -0.278. The van der Waals surface area contributed by atoms with Crippen LogP contribution in [0.4, 0.5) is 5.13 Å². The summed E-state index contributed by atoms with van der Waals surface area (Å²) >= 11 is 7.81. The number of amides is 1. The molecule has 0 aliphatic carbocycles. The molecule has 1 unspecified atom stereocenters. The number of carbonyl (C=O) groups is 1. The van der Waals surface area contributed by atoms with Crippen LogP contribution >= 0.6 is 22.9 Å². The summed E-state index contributed by atoms with van der Waals surface area (Å²) in [6.07, 6.45) is 1.07. The Labute approximate surface area is 220 Å². The Balaban J connectivity index is 1.55. The first-order chi connectivity index (χ1) is 17.3. The fraction of sp³-hybridized carbons (Fsp3) is 0.259. The Morgan fingerprint density at radius 2 is 1.81 bits per heavy atom. The van der Waals surface area contributed by atoms with Gasteiger partial charge in [0, 0.05) is 6.54 Å². The van der Waals surface area contributed by atoms with Crippen molar-refractivity contribution in [2.75, 3.05) is 11.4 Å². The van der Waals surface area contributed by atoms with Gasteiger partial charge in [-0.25, -0.2) is 13.4 Å². The lowest BCUT2D eigenvalue weighted by atomic mass is 10.1. The van der Waals surface area contributed by atoms with E-state index in [1.54, 1.807) is 29.2 Å². The van der Waals surface area contributed by atoms with Gasteiger partial charge in [-0.15, -0.1) is 0 Å². The summed E-state index contributed by atoms with van der Waals surface area (Å²) in [5.41, 5.74) is 3.62. The highest BCUT2D eigenvalue weighted by Gasteiger charge is 2.42. The molecular weight excluding hydrogens is 514 g/mol. The van der Waals surface area contributed by atoms with Crippen molar-refractivity contribution >= 4 is 54.2 Å². The van der Waals surface area contributed by atoms with Gasteiger partial charge in [0.05, 0.1) is 26.7 Å². The summed E-state index contributed by atoms with van der Waals surface area (Å²) in [5, 5.41) is 1.09. The predicted molar refractivity (Wildman–Crippen MR) is 145 cm³/mol. The van der Waals surface area contributed by atoms with E-state index in [0.29, 0.717) is 29.5 Å². The third kappa shape index (κ3) is 4.66. The fourth-order valence-electron chi connectivity index (χ4n) is 4.51. The van der Waals surface area contributed by atoms with Crippen molar-refractivity contribution in [1.82, 2.24) is 9.29 Å². The number of thiazole rings is 1. The second-order valence-corrected chi connectivity index (χ2v) is 12.3. The Morgan fingerprint density at radius 3 is 2.50 bits per heavy atom. The molecule has 5 rings (SSSR count). The molecule has 0 saturated carbocycles. The van der Waals surface area contributed by atoms with Gasteiger partial charge in [-0.2, -0.15) is 4.31 Å². The van der Waals surface area contributed by atoms with Crippen molar-refractivity contribution in [2.45, 2.75) is 44.2 Å².